The van der Waals surface area contributed by atoms with Crippen molar-refractivity contribution in [3.8, 4) is 44.5 Å². The van der Waals surface area contributed by atoms with Gasteiger partial charge >= 0.3 is 23.9 Å². The highest BCUT2D eigenvalue weighted by molar-refractivity contribution is 6.04. The standard InChI is InChI=1S/C62H50N8O8/c1-75-59(71)51-45-29-37-39(31-69(45)67-57(51)61(73)77-3)55-49(35-21-13-7-14-22-35)43-28-26-42(64-43)48(34-19-11-6-12-20-34)54-38-30-46-52(60(72)76-2)58(62(74)78-4)68-70(46)32-40(38)56(66-54)50(36-23-15-8-16-24-36)44-27-25-41(63-44)47(53(37)65-55)33-17-9-5-10-18-33/h5-28,37-40,63-64H,29-32H2,1-4H3/t37-,38-,39+,40+/m0/s1. The van der Waals surface area contributed by atoms with Gasteiger partial charge in [0.15, 0.2) is 11.4 Å². The second-order valence-corrected chi connectivity index (χ2v) is 19.8. The lowest BCUT2D eigenvalue weighted by atomic mass is 9.79. The number of carbonyl (C=O) groups is 4. The van der Waals surface area contributed by atoms with E-state index in [1.165, 1.54) is 28.4 Å². The molecule has 4 atom stereocenters. The molecule has 0 spiro atoms. The largest absolute Gasteiger partial charge is 0.465 e. The number of fused-ring (bicyclic) bond motifs is 16. The maximum absolute atomic E-state index is 13.8. The van der Waals surface area contributed by atoms with Crippen LogP contribution in [0.25, 0.3) is 66.6 Å². The van der Waals surface area contributed by atoms with Crippen LogP contribution in [0.15, 0.2) is 146 Å². The van der Waals surface area contributed by atoms with Crippen molar-refractivity contribution in [1.29, 1.82) is 0 Å². The Balaban J connectivity index is 1.20. The first-order chi connectivity index (χ1) is 38.2. The number of carbonyl (C=O) groups excluding carboxylic acids is 4. The third-order valence-electron chi connectivity index (χ3n) is 15.8. The van der Waals surface area contributed by atoms with Crippen molar-refractivity contribution >= 4 is 45.9 Å². The smallest absolute Gasteiger partial charge is 0.359 e. The van der Waals surface area contributed by atoms with E-state index in [1.807, 2.05) is 72.8 Å². The minimum atomic E-state index is -0.736. The molecule has 9 aromatic rings. The first-order valence-electron chi connectivity index (χ1n) is 25.7. The van der Waals surface area contributed by atoms with Gasteiger partial charge in [-0.25, -0.2) is 19.2 Å². The molecule has 16 heteroatoms. The maximum atomic E-state index is 13.8. The average Bonchev–Trinajstić information content (AvgIpc) is 4.56. The molecule has 386 valence electrons. The quantitative estimate of drug-likeness (QED) is 0.108. The fourth-order valence-electron chi connectivity index (χ4n) is 12.4. The van der Waals surface area contributed by atoms with Crippen molar-refractivity contribution in [2.24, 2.45) is 0 Å². The fourth-order valence-corrected chi connectivity index (χ4v) is 12.4. The minimum absolute atomic E-state index is 0.0735. The molecule has 78 heavy (non-hydrogen) atoms. The van der Waals surface area contributed by atoms with Crippen LogP contribution in [0, 0.1) is 0 Å². The third-order valence-corrected chi connectivity index (χ3v) is 15.8. The Hall–Kier alpha value is -9.70. The van der Waals surface area contributed by atoms with Gasteiger partial charge in [0.05, 0.1) is 75.7 Å². The number of esters is 4. The predicted octanol–water partition coefficient (Wildman–Crippen LogP) is 10.8. The minimum Gasteiger partial charge on any atom is -0.465 e. The van der Waals surface area contributed by atoms with E-state index in [0.717, 1.165) is 89.4 Å². The molecular formula is C62H50N8O8. The number of rotatable bonds is 8. The fraction of sp³-hybridized carbons (Fsp3) is 0.194. The van der Waals surface area contributed by atoms with Crippen LogP contribution in [0.3, 0.4) is 0 Å². The van der Waals surface area contributed by atoms with Gasteiger partial charge in [-0.05, 0) is 59.4 Å². The van der Waals surface area contributed by atoms with E-state index in [1.54, 1.807) is 9.36 Å². The molecule has 4 aliphatic heterocycles. The van der Waals surface area contributed by atoms with Gasteiger partial charge in [-0.3, -0.25) is 19.3 Å². The van der Waals surface area contributed by atoms with Gasteiger partial charge in [0.2, 0.25) is 0 Å². The Morgan fingerprint density at radius 2 is 0.679 bits per heavy atom. The number of aromatic amines is 2. The molecular weight excluding hydrogens is 985 g/mol. The van der Waals surface area contributed by atoms with Crippen LogP contribution in [0.2, 0.25) is 0 Å². The molecule has 13 rings (SSSR count). The number of ether oxygens (including phenoxy) is 4. The molecule has 8 bridgehead atoms. The van der Waals surface area contributed by atoms with Gasteiger partial charge in [-0.2, -0.15) is 10.2 Å². The van der Waals surface area contributed by atoms with Crippen LogP contribution in [0.1, 0.15) is 99.5 Å². The van der Waals surface area contributed by atoms with Gasteiger partial charge in [0.1, 0.15) is 11.1 Å². The highest BCUT2D eigenvalue weighted by Gasteiger charge is 2.46. The second-order valence-electron chi connectivity index (χ2n) is 19.8. The highest BCUT2D eigenvalue weighted by atomic mass is 16.5. The number of nitrogens with zero attached hydrogens (tertiary/aromatic N) is 6. The number of benzene rings is 4. The highest BCUT2D eigenvalue weighted by Crippen LogP contribution is 2.53. The Labute approximate surface area is 446 Å². The second kappa shape index (κ2) is 19.1. The molecule has 0 unspecified atom stereocenters. The zero-order chi connectivity index (χ0) is 53.3. The lowest BCUT2D eigenvalue weighted by Gasteiger charge is -2.29. The van der Waals surface area contributed by atoms with E-state index >= 15 is 0 Å². The molecule has 9 heterocycles. The average molecular weight is 1040 g/mol. The molecule has 0 saturated carbocycles. The Bertz CT molecular complexity index is 3820. The first-order valence-corrected chi connectivity index (χ1v) is 25.7. The summed E-state index contributed by atoms with van der Waals surface area (Å²) in [5.74, 6) is -4.14. The van der Waals surface area contributed by atoms with Crippen LogP contribution in [-0.4, -0.2) is 91.8 Å². The summed E-state index contributed by atoms with van der Waals surface area (Å²) in [6.07, 6.45) is 0.583. The number of nitrogens with one attached hydrogen (secondary N) is 2. The van der Waals surface area contributed by atoms with Crippen molar-refractivity contribution < 1.29 is 38.1 Å². The van der Waals surface area contributed by atoms with E-state index in [4.69, 9.17) is 39.1 Å². The van der Waals surface area contributed by atoms with Gasteiger partial charge in [0.25, 0.3) is 0 Å². The normalized spacial score (nSPS) is 17.0. The van der Waals surface area contributed by atoms with Crippen LogP contribution in [0.5, 0.6) is 0 Å². The number of aromatic nitrogens is 8. The molecule has 0 aliphatic carbocycles. The van der Waals surface area contributed by atoms with Crippen molar-refractivity contribution in [3.05, 3.63) is 202 Å². The summed E-state index contributed by atoms with van der Waals surface area (Å²) >= 11 is 0. The summed E-state index contributed by atoms with van der Waals surface area (Å²) in [7, 11) is 5.13. The van der Waals surface area contributed by atoms with Crippen LogP contribution < -0.4 is 0 Å². The van der Waals surface area contributed by atoms with Crippen molar-refractivity contribution in [1.82, 2.24) is 39.5 Å². The van der Waals surface area contributed by atoms with Gasteiger partial charge in [0, 0.05) is 68.0 Å². The summed E-state index contributed by atoms with van der Waals surface area (Å²) in [6, 6.07) is 49.0. The number of methoxy groups -OCH3 is 4. The predicted molar refractivity (Wildman–Crippen MR) is 291 cm³/mol. The lowest BCUT2D eigenvalue weighted by Crippen LogP contribution is -2.26. The molecule has 0 amide bonds. The molecule has 5 aromatic heterocycles. The molecule has 4 aliphatic rings. The molecule has 4 aromatic carbocycles. The summed E-state index contributed by atoms with van der Waals surface area (Å²) in [6.45, 7) is 0.553. The van der Waals surface area contributed by atoms with Gasteiger partial charge in [-0.1, -0.05) is 121 Å². The summed E-state index contributed by atoms with van der Waals surface area (Å²) in [5, 5.41) is 9.56. The number of hydrogen-bond donors (Lipinski definition) is 2. The topological polar surface area (TPSA) is 198 Å². The van der Waals surface area contributed by atoms with Crippen molar-refractivity contribution in [3.63, 3.8) is 0 Å². The van der Waals surface area contributed by atoms with Crippen LogP contribution in [-0.2, 0) is 44.9 Å². The SMILES string of the molecule is COC(=O)c1nn2c(c1C(=O)OC)C[C@@H]1c3nc(c(-c4ccccc4)c4ccc([nH]4)c(-c4ccccc4)c4nc(c(-c5ccccc5)c5ccc([nH]5)c3-c3ccccc3)[C@@H]3Cn5nc(C(=O)OC)c(C(=O)OC)c5C[C@H]43)[C@@H]1C2. The van der Waals surface area contributed by atoms with Gasteiger partial charge < -0.3 is 28.9 Å². The lowest BCUT2D eigenvalue weighted by molar-refractivity contribution is 0.0551. The Kier molecular flexibility index (Phi) is 11.8. The maximum Gasteiger partial charge on any atom is 0.359 e. The van der Waals surface area contributed by atoms with Crippen molar-refractivity contribution in [2.45, 2.75) is 49.6 Å². The molecule has 0 fully saturated rings. The Morgan fingerprint density at radius 3 is 0.962 bits per heavy atom. The third kappa shape index (κ3) is 7.65. The molecule has 0 saturated heterocycles. The molecule has 0 radical (unpaired) electrons. The summed E-state index contributed by atoms with van der Waals surface area (Å²) in [5.41, 5.74) is 14.5. The van der Waals surface area contributed by atoms with E-state index in [9.17, 15) is 19.2 Å². The zero-order valence-electron chi connectivity index (χ0n) is 42.9. The van der Waals surface area contributed by atoms with E-state index in [2.05, 4.69) is 82.8 Å². The van der Waals surface area contributed by atoms with Gasteiger partial charge in [-0.15, -0.1) is 0 Å². The van der Waals surface area contributed by atoms with E-state index < -0.39 is 23.9 Å². The molecule has 2 N–H and O–H groups in total. The molecule has 16 nitrogen and oxygen atoms in total. The summed E-state index contributed by atoms with van der Waals surface area (Å²) < 4.78 is 24.5. The monoisotopic (exact) mass is 1030 g/mol. The van der Waals surface area contributed by atoms with Crippen LogP contribution in [0.4, 0.5) is 0 Å². The summed E-state index contributed by atoms with van der Waals surface area (Å²) in [4.78, 5) is 73.9. The van der Waals surface area contributed by atoms with E-state index in [0.29, 0.717) is 24.2 Å². The number of hydrogen-bond acceptors (Lipinski definition) is 12. The van der Waals surface area contributed by atoms with Crippen molar-refractivity contribution in [2.75, 3.05) is 28.4 Å². The first kappa shape index (κ1) is 48.0. The number of H-pyrrole nitrogens is 2. The van der Waals surface area contributed by atoms with Crippen LogP contribution >= 0.6 is 0 Å². The Morgan fingerprint density at radius 1 is 0.397 bits per heavy atom. The zero-order valence-corrected chi connectivity index (χ0v) is 42.9. The van der Waals surface area contributed by atoms with E-state index in [-0.39, 0.29) is 59.3 Å².